The molecule has 5 nitrogen and oxygen atoms in total. The van der Waals surface area contributed by atoms with Gasteiger partial charge in [0, 0.05) is 23.5 Å². The second kappa shape index (κ2) is 4.87. The van der Waals surface area contributed by atoms with E-state index < -0.39 is 11.6 Å². The van der Waals surface area contributed by atoms with E-state index in [-0.39, 0.29) is 11.8 Å². The highest BCUT2D eigenvalue weighted by Gasteiger charge is 2.47. The number of para-hydroxylation sites is 1. The summed E-state index contributed by atoms with van der Waals surface area (Å²) < 4.78 is 0. The summed E-state index contributed by atoms with van der Waals surface area (Å²) in [5.74, 6) is -0.0822. The number of carbonyl (C=O) groups excluding carboxylic acids is 2. The van der Waals surface area contributed by atoms with E-state index in [1.54, 1.807) is 0 Å². The summed E-state index contributed by atoms with van der Waals surface area (Å²) in [5.41, 5.74) is 1.46. The highest BCUT2D eigenvalue weighted by Crippen LogP contribution is 2.32. The van der Waals surface area contributed by atoms with Crippen LogP contribution >= 0.6 is 0 Å². The van der Waals surface area contributed by atoms with Gasteiger partial charge in [0.1, 0.15) is 11.6 Å². The Morgan fingerprint density at radius 2 is 1.91 bits per heavy atom. The van der Waals surface area contributed by atoms with Gasteiger partial charge in [-0.2, -0.15) is 0 Å². The standard InChI is InChI=1S/C17H19N3O2/c21-15-14(19-16(22)17(20-15)7-3-4-8-17)9-11-10-18-13-6-2-1-5-12(11)13/h1-2,5-6,10,14,18H,3-4,7-9H2,(H,19,22)(H,20,21)/t14-/m1/s1. The van der Waals surface area contributed by atoms with Crippen LogP contribution in [0.4, 0.5) is 0 Å². The SMILES string of the molecule is O=C1NC2(CCCC2)C(=O)N[C@@H]1Cc1c[nH]c2ccccc12. The van der Waals surface area contributed by atoms with Crippen molar-refractivity contribution in [1.29, 1.82) is 0 Å². The molecule has 22 heavy (non-hydrogen) atoms. The molecule has 1 saturated heterocycles. The lowest BCUT2D eigenvalue weighted by Gasteiger charge is -2.37. The average molecular weight is 297 g/mol. The first-order valence-corrected chi connectivity index (χ1v) is 7.86. The molecule has 1 saturated carbocycles. The van der Waals surface area contributed by atoms with E-state index in [0.29, 0.717) is 6.42 Å². The smallest absolute Gasteiger partial charge is 0.246 e. The van der Waals surface area contributed by atoms with E-state index in [0.717, 1.165) is 42.1 Å². The number of piperazine rings is 1. The van der Waals surface area contributed by atoms with Crippen molar-refractivity contribution in [3.63, 3.8) is 0 Å². The van der Waals surface area contributed by atoms with Gasteiger partial charge in [0.15, 0.2) is 0 Å². The van der Waals surface area contributed by atoms with Gasteiger partial charge in [-0.15, -0.1) is 0 Å². The molecule has 1 aromatic heterocycles. The first-order chi connectivity index (χ1) is 10.7. The Morgan fingerprint density at radius 1 is 1.14 bits per heavy atom. The van der Waals surface area contributed by atoms with Crippen molar-refractivity contribution in [1.82, 2.24) is 15.6 Å². The lowest BCUT2D eigenvalue weighted by Crippen LogP contribution is -2.68. The molecule has 1 aromatic carbocycles. The molecule has 2 aliphatic rings. The summed E-state index contributed by atoms with van der Waals surface area (Å²) in [6, 6.07) is 7.50. The van der Waals surface area contributed by atoms with E-state index >= 15 is 0 Å². The summed E-state index contributed by atoms with van der Waals surface area (Å²) in [6.45, 7) is 0. The lowest BCUT2D eigenvalue weighted by molar-refractivity contribution is -0.141. The quantitative estimate of drug-likeness (QED) is 0.788. The van der Waals surface area contributed by atoms with Gasteiger partial charge >= 0.3 is 0 Å². The molecule has 1 atom stereocenters. The van der Waals surface area contributed by atoms with Crippen molar-refractivity contribution in [2.24, 2.45) is 0 Å². The van der Waals surface area contributed by atoms with Crippen LogP contribution in [0.3, 0.4) is 0 Å². The fraction of sp³-hybridized carbons (Fsp3) is 0.412. The third kappa shape index (κ3) is 2.00. The highest BCUT2D eigenvalue weighted by molar-refractivity contribution is 6.00. The molecule has 3 N–H and O–H groups in total. The maximum Gasteiger partial charge on any atom is 0.246 e. The number of hydrogen-bond donors (Lipinski definition) is 3. The van der Waals surface area contributed by atoms with Crippen LogP contribution in [0.5, 0.6) is 0 Å². The number of hydrogen-bond acceptors (Lipinski definition) is 2. The molecule has 2 fully saturated rings. The maximum atomic E-state index is 12.4. The van der Waals surface area contributed by atoms with Crippen molar-refractivity contribution in [2.75, 3.05) is 0 Å². The fourth-order valence-corrected chi connectivity index (χ4v) is 3.74. The topological polar surface area (TPSA) is 74.0 Å². The van der Waals surface area contributed by atoms with Gasteiger partial charge in [-0.25, -0.2) is 0 Å². The van der Waals surface area contributed by atoms with Crippen LogP contribution in [0.15, 0.2) is 30.5 Å². The zero-order chi connectivity index (χ0) is 15.2. The average Bonchev–Trinajstić information content (AvgIpc) is 3.13. The predicted molar refractivity (Wildman–Crippen MR) is 83.3 cm³/mol. The van der Waals surface area contributed by atoms with Crippen LogP contribution in [0.2, 0.25) is 0 Å². The molecular weight excluding hydrogens is 278 g/mol. The third-order valence-corrected chi connectivity index (χ3v) is 4.98. The molecule has 2 amide bonds. The first-order valence-electron chi connectivity index (χ1n) is 7.86. The van der Waals surface area contributed by atoms with Crippen molar-refractivity contribution in [3.8, 4) is 0 Å². The minimum Gasteiger partial charge on any atom is -0.361 e. The molecule has 1 aliphatic carbocycles. The Kier molecular flexibility index (Phi) is 2.96. The van der Waals surface area contributed by atoms with Gasteiger partial charge < -0.3 is 15.6 Å². The van der Waals surface area contributed by atoms with Crippen LogP contribution in [-0.2, 0) is 16.0 Å². The Labute approximate surface area is 128 Å². The number of nitrogens with one attached hydrogen (secondary N) is 3. The predicted octanol–water partition coefficient (Wildman–Crippen LogP) is 1.64. The molecule has 1 aliphatic heterocycles. The number of aromatic nitrogens is 1. The molecule has 4 rings (SSSR count). The molecule has 0 bridgehead atoms. The normalized spacial score (nSPS) is 23.7. The van der Waals surface area contributed by atoms with Crippen molar-refractivity contribution >= 4 is 22.7 Å². The van der Waals surface area contributed by atoms with Gasteiger partial charge in [-0.05, 0) is 24.5 Å². The second-order valence-electron chi connectivity index (χ2n) is 6.37. The summed E-state index contributed by atoms with van der Waals surface area (Å²) >= 11 is 0. The number of amides is 2. The van der Waals surface area contributed by atoms with Gasteiger partial charge in [-0.3, -0.25) is 9.59 Å². The number of carbonyl (C=O) groups is 2. The molecule has 2 aromatic rings. The number of rotatable bonds is 2. The first kappa shape index (κ1) is 13.4. The Hall–Kier alpha value is -2.30. The van der Waals surface area contributed by atoms with Crippen LogP contribution in [0, 0.1) is 0 Å². The monoisotopic (exact) mass is 297 g/mol. The van der Waals surface area contributed by atoms with Crippen LogP contribution in [-0.4, -0.2) is 28.4 Å². The second-order valence-corrected chi connectivity index (χ2v) is 6.37. The van der Waals surface area contributed by atoms with Crippen LogP contribution in [0.25, 0.3) is 10.9 Å². The Balaban J connectivity index is 1.57. The van der Waals surface area contributed by atoms with Gasteiger partial charge in [0.25, 0.3) is 0 Å². The summed E-state index contributed by atoms with van der Waals surface area (Å²) in [4.78, 5) is 28.1. The van der Waals surface area contributed by atoms with E-state index in [1.807, 2.05) is 30.5 Å². The maximum absolute atomic E-state index is 12.4. The zero-order valence-corrected chi connectivity index (χ0v) is 12.3. The van der Waals surface area contributed by atoms with Gasteiger partial charge in [0.05, 0.1) is 0 Å². The van der Waals surface area contributed by atoms with Crippen molar-refractivity contribution < 1.29 is 9.59 Å². The van der Waals surface area contributed by atoms with E-state index in [2.05, 4.69) is 15.6 Å². The molecule has 0 radical (unpaired) electrons. The molecule has 2 heterocycles. The van der Waals surface area contributed by atoms with E-state index in [1.165, 1.54) is 0 Å². The third-order valence-electron chi connectivity index (χ3n) is 4.98. The number of fused-ring (bicyclic) bond motifs is 1. The lowest BCUT2D eigenvalue weighted by atomic mass is 9.91. The van der Waals surface area contributed by atoms with Crippen molar-refractivity contribution in [3.05, 3.63) is 36.0 Å². The molecular formula is C17H19N3O2. The van der Waals surface area contributed by atoms with Gasteiger partial charge in [-0.1, -0.05) is 31.0 Å². The Morgan fingerprint density at radius 3 is 2.73 bits per heavy atom. The molecule has 114 valence electrons. The van der Waals surface area contributed by atoms with Crippen LogP contribution in [0.1, 0.15) is 31.2 Å². The zero-order valence-electron chi connectivity index (χ0n) is 12.3. The largest absolute Gasteiger partial charge is 0.361 e. The number of benzene rings is 1. The minimum atomic E-state index is -0.645. The Bertz CT molecular complexity index is 743. The molecule has 5 heteroatoms. The molecule has 1 spiro atoms. The minimum absolute atomic E-state index is 0.0190. The van der Waals surface area contributed by atoms with E-state index in [9.17, 15) is 9.59 Å². The van der Waals surface area contributed by atoms with Crippen molar-refractivity contribution in [2.45, 2.75) is 43.7 Å². The highest BCUT2D eigenvalue weighted by atomic mass is 16.2. The molecule has 0 unspecified atom stereocenters. The van der Waals surface area contributed by atoms with Crippen LogP contribution < -0.4 is 10.6 Å². The summed E-state index contributed by atoms with van der Waals surface area (Å²) in [7, 11) is 0. The van der Waals surface area contributed by atoms with Gasteiger partial charge in [0.2, 0.25) is 11.8 Å². The summed E-state index contributed by atoms with van der Waals surface area (Å²) in [5, 5.41) is 7.03. The number of H-pyrrole nitrogens is 1. The summed E-state index contributed by atoms with van der Waals surface area (Å²) in [6.07, 6.45) is 5.94. The fourth-order valence-electron chi connectivity index (χ4n) is 3.74. The van der Waals surface area contributed by atoms with E-state index in [4.69, 9.17) is 0 Å². The number of aromatic amines is 1.